The van der Waals surface area contributed by atoms with Gasteiger partial charge in [-0.3, -0.25) is 4.79 Å². The fourth-order valence-electron chi connectivity index (χ4n) is 0.768. The van der Waals surface area contributed by atoms with Crippen LogP contribution < -0.4 is 4.74 Å². The number of aldehydes is 1. The summed E-state index contributed by atoms with van der Waals surface area (Å²) in [6.07, 6.45) is 0.696. The summed E-state index contributed by atoms with van der Waals surface area (Å²) >= 11 is 0. The van der Waals surface area contributed by atoms with Crippen LogP contribution in [0.1, 0.15) is 10.4 Å². The quantitative estimate of drug-likeness (QED) is 0.596. The van der Waals surface area contributed by atoms with Gasteiger partial charge in [0.2, 0.25) is 0 Å². The molecule has 1 radical (unpaired) electrons. The van der Waals surface area contributed by atoms with Gasteiger partial charge in [-0.05, 0) is 18.2 Å². The Morgan fingerprint density at radius 2 is 2.17 bits per heavy atom. The first-order chi connectivity index (χ1) is 5.27. The molecular formula is C8H8CuO3. The Balaban J connectivity index is 0.00000121. The zero-order valence-corrected chi connectivity index (χ0v) is 7.32. The summed E-state index contributed by atoms with van der Waals surface area (Å²) in [6, 6.07) is 4.41. The Morgan fingerprint density at radius 3 is 2.67 bits per heavy atom. The molecule has 0 aliphatic rings. The van der Waals surface area contributed by atoms with Crippen LogP contribution in [-0.2, 0) is 17.1 Å². The van der Waals surface area contributed by atoms with Gasteiger partial charge in [-0.1, -0.05) is 0 Å². The molecular weight excluding hydrogens is 208 g/mol. The fraction of sp³-hybridized carbons (Fsp3) is 0.125. The molecule has 0 saturated heterocycles. The maximum absolute atomic E-state index is 10.2. The number of carbonyl (C=O) groups excluding carboxylic acids is 1. The zero-order valence-electron chi connectivity index (χ0n) is 6.37. The van der Waals surface area contributed by atoms with Gasteiger partial charge in [0.05, 0.1) is 7.11 Å². The summed E-state index contributed by atoms with van der Waals surface area (Å²) in [5.41, 5.74) is 0.486. The SMILES string of the molecule is COc1cc(C=O)ccc1O.[Cu]. The maximum atomic E-state index is 10.2. The van der Waals surface area contributed by atoms with Crippen molar-refractivity contribution in [1.82, 2.24) is 0 Å². The molecule has 1 aromatic rings. The largest absolute Gasteiger partial charge is 0.504 e. The summed E-state index contributed by atoms with van der Waals surface area (Å²) in [5.74, 6) is 0.354. The third kappa shape index (κ3) is 2.26. The molecule has 0 heterocycles. The molecule has 0 fully saturated rings. The van der Waals surface area contributed by atoms with Gasteiger partial charge in [-0.25, -0.2) is 0 Å². The van der Waals surface area contributed by atoms with Gasteiger partial charge in [-0.2, -0.15) is 0 Å². The molecule has 1 N–H and O–H groups in total. The van der Waals surface area contributed by atoms with Gasteiger partial charge in [0.1, 0.15) is 6.29 Å². The summed E-state index contributed by atoms with van der Waals surface area (Å²) < 4.78 is 4.78. The van der Waals surface area contributed by atoms with Crippen LogP contribution >= 0.6 is 0 Å². The van der Waals surface area contributed by atoms with E-state index >= 15 is 0 Å². The number of methoxy groups -OCH3 is 1. The van der Waals surface area contributed by atoms with Crippen LogP contribution in [0.15, 0.2) is 18.2 Å². The van der Waals surface area contributed by atoms with E-state index in [1.165, 1.54) is 25.3 Å². The number of carbonyl (C=O) groups is 1. The van der Waals surface area contributed by atoms with Crippen molar-refractivity contribution in [1.29, 1.82) is 0 Å². The van der Waals surface area contributed by atoms with Crippen molar-refractivity contribution in [2.24, 2.45) is 0 Å². The molecule has 0 aliphatic heterocycles. The first kappa shape index (κ1) is 11.0. The molecule has 3 nitrogen and oxygen atoms in total. The number of ether oxygens (including phenoxy) is 1. The van der Waals surface area contributed by atoms with Crippen LogP contribution in [0.4, 0.5) is 0 Å². The number of phenols is 1. The van der Waals surface area contributed by atoms with Gasteiger partial charge in [0.15, 0.2) is 11.5 Å². The number of benzene rings is 1. The van der Waals surface area contributed by atoms with Crippen molar-refractivity contribution in [3.63, 3.8) is 0 Å². The van der Waals surface area contributed by atoms with E-state index in [9.17, 15) is 4.79 Å². The predicted molar refractivity (Wildman–Crippen MR) is 40.0 cm³/mol. The van der Waals surface area contributed by atoms with E-state index in [1.807, 2.05) is 0 Å². The Bertz CT molecular complexity index is 273. The number of aromatic hydroxyl groups is 1. The van der Waals surface area contributed by atoms with E-state index < -0.39 is 0 Å². The molecule has 69 valence electrons. The van der Waals surface area contributed by atoms with E-state index in [0.717, 1.165) is 0 Å². The minimum absolute atomic E-state index is 0. The third-order valence-electron chi connectivity index (χ3n) is 1.34. The molecule has 12 heavy (non-hydrogen) atoms. The van der Waals surface area contributed by atoms with Crippen molar-refractivity contribution in [3.8, 4) is 11.5 Å². The van der Waals surface area contributed by atoms with E-state index in [4.69, 9.17) is 9.84 Å². The van der Waals surface area contributed by atoms with E-state index in [2.05, 4.69) is 0 Å². The van der Waals surface area contributed by atoms with E-state index in [1.54, 1.807) is 0 Å². The van der Waals surface area contributed by atoms with Gasteiger partial charge in [-0.15, -0.1) is 0 Å². The van der Waals surface area contributed by atoms with Gasteiger partial charge >= 0.3 is 0 Å². The van der Waals surface area contributed by atoms with Crippen molar-refractivity contribution in [2.75, 3.05) is 7.11 Å². The van der Waals surface area contributed by atoms with Crippen LogP contribution in [0.2, 0.25) is 0 Å². The maximum Gasteiger partial charge on any atom is 0.161 e. The second kappa shape index (κ2) is 4.80. The Kier molecular flexibility index (Phi) is 4.40. The molecule has 0 aliphatic carbocycles. The third-order valence-corrected chi connectivity index (χ3v) is 1.34. The van der Waals surface area contributed by atoms with Crippen molar-refractivity contribution in [3.05, 3.63) is 23.8 Å². The average Bonchev–Trinajstić information content (AvgIpc) is 2.05. The Hall–Kier alpha value is -0.991. The summed E-state index contributed by atoms with van der Waals surface area (Å²) in [6.45, 7) is 0. The molecule has 0 atom stereocenters. The summed E-state index contributed by atoms with van der Waals surface area (Å²) in [7, 11) is 1.43. The van der Waals surface area contributed by atoms with Gasteiger partial charge < -0.3 is 9.84 Å². The van der Waals surface area contributed by atoms with Crippen LogP contribution in [0.5, 0.6) is 11.5 Å². The number of phenolic OH excluding ortho intramolecular Hbond substituents is 1. The normalized spacial score (nSPS) is 8.42. The molecule has 4 heteroatoms. The molecule has 1 rings (SSSR count). The zero-order chi connectivity index (χ0) is 8.27. The summed E-state index contributed by atoms with van der Waals surface area (Å²) in [5, 5.41) is 9.09. The van der Waals surface area contributed by atoms with Gasteiger partial charge in [0, 0.05) is 22.6 Å². The van der Waals surface area contributed by atoms with Crippen LogP contribution in [0.25, 0.3) is 0 Å². The first-order valence-corrected chi connectivity index (χ1v) is 3.10. The van der Waals surface area contributed by atoms with Crippen molar-refractivity contribution >= 4 is 6.29 Å². The van der Waals surface area contributed by atoms with E-state index in [-0.39, 0.29) is 22.8 Å². The van der Waals surface area contributed by atoms with Crippen LogP contribution in [0, 0.1) is 0 Å². The molecule has 1 aromatic carbocycles. The monoisotopic (exact) mass is 215 g/mol. The van der Waals surface area contributed by atoms with E-state index in [0.29, 0.717) is 17.6 Å². The Morgan fingerprint density at radius 1 is 1.50 bits per heavy atom. The first-order valence-electron chi connectivity index (χ1n) is 3.10. The van der Waals surface area contributed by atoms with Crippen LogP contribution in [0.3, 0.4) is 0 Å². The smallest absolute Gasteiger partial charge is 0.161 e. The topological polar surface area (TPSA) is 46.5 Å². The van der Waals surface area contributed by atoms with Gasteiger partial charge in [0.25, 0.3) is 0 Å². The molecule has 0 bridgehead atoms. The minimum atomic E-state index is 0. The summed E-state index contributed by atoms with van der Waals surface area (Å²) in [4.78, 5) is 10.2. The average molecular weight is 216 g/mol. The molecule has 0 unspecified atom stereocenters. The molecule has 0 amide bonds. The standard InChI is InChI=1S/C8H8O3.Cu/c1-11-8-4-6(5-9)2-3-7(8)10;/h2-5,10H,1H3;. The second-order valence-electron chi connectivity index (χ2n) is 2.05. The van der Waals surface area contributed by atoms with Crippen LogP contribution in [-0.4, -0.2) is 18.5 Å². The second-order valence-corrected chi connectivity index (χ2v) is 2.05. The number of hydrogen-bond acceptors (Lipinski definition) is 3. The fourth-order valence-corrected chi connectivity index (χ4v) is 0.768. The molecule has 0 saturated carbocycles. The molecule has 0 spiro atoms. The number of rotatable bonds is 2. The number of hydrogen-bond donors (Lipinski definition) is 1. The van der Waals surface area contributed by atoms with Crippen molar-refractivity contribution in [2.45, 2.75) is 0 Å². The molecule has 0 aromatic heterocycles. The Labute approximate surface area is 80.8 Å². The minimum Gasteiger partial charge on any atom is -0.504 e. The van der Waals surface area contributed by atoms with Crippen molar-refractivity contribution < 1.29 is 31.7 Å². The predicted octanol–water partition coefficient (Wildman–Crippen LogP) is 1.21.